The van der Waals surface area contributed by atoms with Gasteiger partial charge in [0.2, 0.25) is 41.4 Å². The molecule has 68 heavy (non-hydrogen) atoms. The summed E-state index contributed by atoms with van der Waals surface area (Å²) in [7, 11) is 1.91. The van der Waals surface area contributed by atoms with Crippen LogP contribution in [0.15, 0.2) is 30.5 Å². The van der Waals surface area contributed by atoms with Crippen LogP contribution in [0.2, 0.25) is 0 Å². The fourth-order valence-electron chi connectivity index (χ4n) is 7.48. The lowest BCUT2D eigenvalue weighted by atomic mass is 10.1. The molecule has 5 atom stereocenters. The maximum atomic E-state index is 13.9. The first-order valence-electron chi connectivity index (χ1n) is 21.7. The van der Waals surface area contributed by atoms with Gasteiger partial charge in [0, 0.05) is 93.9 Å². The SMILES string of the molecule is CC(=O)N[C@@H](CS)C(=O)NCC(=O)N[C@@H](CS)C(=O)N[C@@H](CCC(=O)O)C(=O)NCC(=O)N1CCN(CCCN(C)c2ccc3nccc(C(O)NCC(=O)N4CC(F)(F)C[C@H]4C#N)c3c2)CC1. The fourth-order valence-corrected chi connectivity index (χ4v) is 7.99. The van der Waals surface area contributed by atoms with E-state index >= 15 is 0 Å². The maximum absolute atomic E-state index is 13.9. The van der Waals surface area contributed by atoms with E-state index in [2.05, 4.69) is 67.0 Å². The zero-order valence-corrected chi connectivity index (χ0v) is 39.4. The number of amides is 7. The highest BCUT2D eigenvalue weighted by atomic mass is 32.1. The van der Waals surface area contributed by atoms with Gasteiger partial charge < -0.3 is 51.5 Å². The molecule has 26 heteroatoms. The summed E-state index contributed by atoms with van der Waals surface area (Å²) >= 11 is 8.10. The fraction of sp³-hybridized carbons (Fsp3) is 0.571. The van der Waals surface area contributed by atoms with Crippen LogP contribution in [0.1, 0.15) is 44.4 Å². The van der Waals surface area contributed by atoms with E-state index in [4.69, 9.17) is 0 Å². The highest BCUT2D eigenvalue weighted by molar-refractivity contribution is 7.80. The number of nitrogens with one attached hydrogen (secondary N) is 6. The third-order valence-electron chi connectivity index (χ3n) is 11.2. The van der Waals surface area contributed by atoms with Gasteiger partial charge in [-0.3, -0.25) is 53.6 Å². The first kappa shape index (κ1) is 54.7. The molecule has 0 bridgehead atoms. The number of nitrogens with zero attached hydrogens (tertiary/aromatic N) is 6. The number of hydrogen-bond donors (Lipinski definition) is 10. The van der Waals surface area contributed by atoms with Crippen LogP contribution in [0, 0.1) is 11.3 Å². The molecule has 2 aliphatic rings. The summed E-state index contributed by atoms with van der Waals surface area (Å²) in [5.74, 6) is -9.40. The Bertz CT molecular complexity index is 2200. The van der Waals surface area contributed by atoms with Crippen molar-refractivity contribution < 1.29 is 57.4 Å². The van der Waals surface area contributed by atoms with Crippen molar-refractivity contribution >= 4 is 89.2 Å². The molecule has 2 fully saturated rings. The molecule has 7 amide bonds. The first-order chi connectivity index (χ1) is 32.2. The third-order valence-corrected chi connectivity index (χ3v) is 11.9. The number of rotatable bonds is 24. The van der Waals surface area contributed by atoms with Crippen molar-refractivity contribution in [2.75, 3.05) is 88.9 Å². The number of carboxylic acid groups (broad SMARTS) is 1. The van der Waals surface area contributed by atoms with E-state index in [0.717, 1.165) is 17.0 Å². The van der Waals surface area contributed by atoms with E-state index in [1.54, 1.807) is 23.1 Å². The molecule has 1 unspecified atom stereocenters. The number of likely N-dealkylation sites (tertiary alicyclic amines) is 1. The van der Waals surface area contributed by atoms with Gasteiger partial charge in [-0.15, -0.1) is 0 Å². The second-order valence-corrected chi connectivity index (χ2v) is 17.0. The number of thiol groups is 2. The number of aromatic nitrogens is 1. The number of anilines is 1. The van der Waals surface area contributed by atoms with E-state index in [9.17, 15) is 62.6 Å². The van der Waals surface area contributed by atoms with Crippen LogP contribution in [0.25, 0.3) is 10.9 Å². The molecule has 372 valence electrons. The Morgan fingerprint density at radius 2 is 1.57 bits per heavy atom. The van der Waals surface area contributed by atoms with Gasteiger partial charge in [0.15, 0.2) is 0 Å². The number of carbonyl (C=O) groups excluding carboxylic acids is 7. The number of piperazine rings is 1. The Morgan fingerprint density at radius 3 is 2.22 bits per heavy atom. The summed E-state index contributed by atoms with van der Waals surface area (Å²) in [6.45, 7) is 2.12. The number of aliphatic hydroxyl groups is 1. The van der Waals surface area contributed by atoms with Crippen molar-refractivity contribution in [3.8, 4) is 6.07 Å². The van der Waals surface area contributed by atoms with Crippen LogP contribution >= 0.6 is 25.3 Å². The highest BCUT2D eigenvalue weighted by Crippen LogP contribution is 2.32. The maximum Gasteiger partial charge on any atom is 0.303 e. The molecular weight excluding hydrogens is 935 g/mol. The van der Waals surface area contributed by atoms with E-state index in [1.807, 2.05) is 24.1 Å². The second-order valence-electron chi connectivity index (χ2n) is 16.3. The minimum Gasteiger partial charge on any atom is -0.481 e. The van der Waals surface area contributed by atoms with Crippen molar-refractivity contribution in [1.82, 2.24) is 51.6 Å². The number of pyridine rings is 1. The van der Waals surface area contributed by atoms with Gasteiger partial charge >= 0.3 is 5.97 Å². The molecule has 3 heterocycles. The standard InChI is InChI=1S/C42H58F2N12O10S2/c1-25(57)50-32(22-67)40(65)47-19-34(58)51-33(23-68)41(66)52-31(6-7-37(61)62)39(64)49-20-35(59)55-14-12-54(13-15-55)11-3-10-53(2)26-4-5-30-29(16-26)28(8-9-46-30)38(63)48-21-36(60)56-24-42(43,44)17-27(56)18-45/h4-5,8-9,16,27,31-33,38,48,63,67-68H,3,6-7,10-15,17,19-24H2,1-2H3,(H,47,65)(H,49,64)(H,50,57)(H,51,58)(H,52,66)(H,61,62)/t27-,31-,32-,33-,38?/m0/s1. The average molecular weight is 993 g/mol. The quantitative estimate of drug-likeness (QED) is 0.0401. The summed E-state index contributed by atoms with van der Waals surface area (Å²) in [5, 5.41) is 44.7. The Labute approximate surface area is 402 Å². The minimum absolute atomic E-state index is 0.0387. The lowest BCUT2D eigenvalue weighted by molar-refractivity contribution is -0.139. The lowest BCUT2D eigenvalue weighted by Gasteiger charge is -2.35. The van der Waals surface area contributed by atoms with Crippen LogP contribution in [0.4, 0.5) is 14.5 Å². The van der Waals surface area contributed by atoms with E-state index < -0.39 is 117 Å². The molecule has 4 rings (SSSR count). The molecule has 1 aromatic heterocycles. The third kappa shape index (κ3) is 16.4. The number of benzene rings is 1. The van der Waals surface area contributed by atoms with Crippen LogP contribution in [0.5, 0.6) is 0 Å². The summed E-state index contributed by atoms with van der Waals surface area (Å²) in [5.41, 5.74) is 1.83. The van der Waals surface area contributed by atoms with Crippen molar-refractivity contribution in [1.29, 1.82) is 5.26 Å². The largest absolute Gasteiger partial charge is 0.481 e. The van der Waals surface area contributed by atoms with Gasteiger partial charge in [0.1, 0.15) is 30.4 Å². The molecule has 1 aromatic carbocycles. The summed E-state index contributed by atoms with van der Waals surface area (Å²) in [6.07, 6.45) is -0.640. The van der Waals surface area contributed by atoms with Gasteiger partial charge in [-0.2, -0.15) is 30.5 Å². The van der Waals surface area contributed by atoms with Crippen molar-refractivity contribution in [2.45, 2.75) is 68.9 Å². The molecule has 0 spiro atoms. The topological polar surface area (TPSA) is 299 Å². The van der Waals surface area contributed by atoms with Gasteiger partial charge in [-0.1, -0.05) is 0 Å². The summed E-state index contributed by atoms with van der Waals surface area (Å²) in [4.78, 5) is 111. The Hall–Kier alpha value is -5.88. The van der Waals surface area contributed by atoms with Gasteiger partial charge in [-0.25, -0.2) is 8.78 Å². The van der Waals surface area contributed by atoms with Crippen molar-refractivity contribution in [3.63, 3.8) is 0 Å². The van der Waals surface area contributed by atoms with E-state index in [-0.39, 0.29) is 23.8 Å². The van der Waals surface area contributed by atoms with E-state index in [0.29, 0.717) is 55.7 Å². The number of hydrogen-bond acceptors (Lipinski definition) is 16. The second kappa shape index (κ2) is 26.0. The van der Waals surface area contributed by atoms with Crippen LogP contribution in [0.3, 0.4) is 0 Å². The molecule has 2 aliphatic heterocycles. The van der Waals surface area contributed by atoms with Gasteiger partial charge in [0.05, 0.1) is 37.8 Å². The Morgan fingerprint density at radius 1 is 0.912 bits per heavy atom. The molecule has 8 N–H and O–H groups in total. The Balaban J connectivity index is 1.21. The molecule has 2 saturated heterocycles. The number of alkyl halides is 2. The molecule has 2 aromatic rings. The van der Waals surface area contributed by atoms with Crippen LogP contribution < -0.4 is 36.8 Å². The van der Waals surface area contributed by atoms with Gasteiger partial charge in [-0.05, 0) is 43.7 Å². The monoisotopic (exact) mass is 992 g/mol. The van der Waals surface area contributed by atoms with Crippen LogP contribution in [-0.2, 0) is 38.4 Å². The highest BCUT2D eigenvalue weighted by Gasteiger charge is 2.47. The number of nitriles is 1. The summed E-state index contributed by atoms with van der Waals surface area (Å²) in [6, 6.07) is 3.94. The normalized spacial score (nSPS) is 17.5. The molecule has 0 saturated carbocycles. The Kier molecular flexibility index (Phi) is 20.9. The number of carboxylic acids is 1. The lowest BCUT2D eigenvalue weighted by Crippen LogP contribution is -2.57. The first-order valence-corrected chi connectivity index (χ1v) is 23.0. The van der Waals surface area contributed by atoms with Crippen molar-refractivity contribution in [3.05, 3.63) is 36.0 Å². The zero-order chi connectivity index (χ0) is 50.1. The molecule has 0 radical (unpaired) electrons. The predicted molar refractivity (Wildman–Crippen MR) is 248 cm³/mol. The number of halogens is 2. The number of aliphatic carboxylic acids is 1. The number of carbonyl (C=O) groups is 8. The zero-order valence-electron chi connectivity index (χ0n) is 37.6. The molecule has 0 aliphatic carbocycles. The summed E-state index contributed by atoms with van der Waals surface area (Å²) < 4.78 is 27.7. The van der Waals surface area contributed by atoms with Gasteiger partial charge in [0.25, 0.3) is 5.92 Å². The number of fused-ring (bicyclic) bond motifs is 1. The number of aliphatic hydroxyl groups excluding tert-OH is 1. The van der Waals surface area contributed by atoms with Crippen molar-refractivity contribution in [2.24, 2.45) is 0 Å². The smallest absolute Gasteiger partial charge is 0.303 e. The minimum atomic E-state index is -3.16. The van der Waals surface area contributed by atoms with Crippen LogP contribution in [-0.4, -0.2) is 191 Å². The molecular formula is C42H58F2N12O10S2. The predicted octanol–water partition coefficient (Wildman–Crippen LogP) is -2.02. The average Bonchev–Trinajstić information content (AvgIpc) is 3.64. The molecule has 22 nitrogen and oxygen atoms in total. The van der Waals surface area contributed by atoms with E-state index in [1.165, 1.54) is 13.1 Å².